The van der Waals surface area contributed by atoms with Gasteiger partial charge in [-0.25, -0.2) is 0 Å². The van der Waals surface area contributed by atoms with Crippen LogP contribution >= 0.6 is 0 Å². The molecular formula is C24H24. The summed E-state index contributed by atoms with van der Waals surface area (Å²) < 4.78 is 0. The van der Waals surface area contributed by atoms with Crippen LogP contribution in [-0.4, -0.2) is 0 Å². The van der Waals surface area contributed by atoms with Gasteiger partial charge in [0.15, 0.2) is 0 Å². The molecule has 0 unspecified atom stereocenters. The molecule has 0 radical (unpaired) electrons. The van der Waals surface area contributed by atoms with Crippen LogP contribution in [0.5, 0.6) is 0 Å². The Morgan fingerprint density at radius 3 is 1.46 bits per heavy atom. The SMILES string of the molecule is c1ccc([C@@H]2CC[C@H](c3ccccc3)[C@@H](c3ccccc3)C2)cc1. The summed E-state index contributed by atoms with van der Waals surface area (Å²) in [4.78, 5) is 0. The summed E-state index contributed by atoms with van der Waals surface area (Å²) in [5.74, 6) is 1.91. The van der Waals surface area contributed by atoms with Gasteiger partial charge in [0.2, 0.25) is 0 Å². The van der Waals surface area contributed by atoms with Gasteiger partial charge in [-0.2, -0.15) is 0 Å². The molecule has 24 heavy (non-hydrogen) atoms. The Labute approximate surface area is 145 Å². The first-order valence-corrected chi connectivity index (χ1v) is 9.06. The van der Waals surface area contributed by atoms with Crippen molar-refractivity contribution in [3.8, 4) is 0 Å². The molecule has 0 nitrogen and oxygen atoms in total. The van der Waals surface area contributed by atoms with Crippen LogP contribution in [0.2, 0.25) is 0 Å². The van der Waals surface area contributed by atoms with Gasteiger partial charge in [-0.05, 0) is 53.7 Å². The zero-order valence-electron chi connectivity index (χ0n) is 14.0. The van der Waals surface area contributed by atoms with E-state index in [1.165, 1.54) is 36.0 Å². The summed E-state index contributed by atoms with van der Waals surface area (Å²) in [5.41, 5.74) is 4.50. The fraction of sp³-hybridized carbons (Fsp3) is 0.250. The molecule has 3 aromatic carbocycles. The highest BCUT2D eigenvalue weighted by molar-refractivity contribution is 5.32. The van der Waals surface area contributed by atoms with Crippen LogP contribution < -0.4 is 0 Å². The molecule has 0 heterocycles. The van der Waals surface area contributed by atoms with Gasteiger partial charge in [-0.1, -0.05) is 91.0 Å². The molecule has 0 saturated heterocycles. The van der Waals surface area contributed by atoms with E-state index >= 15 is 0 Å². The van der Waals surface area contributed by atoms with Crippen LogP contribution in [0.3, 0.4) is 0 Å². The van der Waals surface area contributed by atoms with Crippen molar-refractivity contribution >= 4 is 0 Å². The average Bonchev–Trinajstić information content (AvgIpc) is 2.69. The minimum absolute atomic E-state index is 0.604. The molecule has 1 aliphatic rings. The summed E-state index contributed by atoms with van der Waals surface area (Å²) in [6, 6.07) is 33.3. The fourth-order valence-electron chi connectivity index (χ4n) is 4.37. The number of benzene rings is 3. The predicted octanol–water partition coefficient (Wildman–Crippen LogP) is 6.52. The molecular weight excluding hydrogens is 288 g/mol. The summed E-state index contributed by atoms with van der Waals surface area (Å²) in [7, 11) is 0. The van der Waals surface area contributed by atoms with Gasteiger partial charge in [0.1, 0.15) is 0 Å². The van der Waals surface area contributed by atoms with Gasteiger partial charge in [-0.15, -0.1) is 0 Å². The first kappa shape index (κ1) is 15.2. The molecule has 3 atom stereocenters. The molecule has 120 valence electrons. The highest BCUT2D eigenvalue weighted by Gasteiger charge is 2.32. The lowest BCUT2D eigenvalue weighted by molar-refractivity contribution is 0.347. The molecule has 0 spiro atoms. The number of hydrogen-bond acceptors (Lipinski definition) is 0. The van der Waals surface area contributed by atoms with Crippen LogP contribution in [0.4, 0.5) is 0 Å². The minimum atomic E-state index is 0.604. The third kappa shape index (κ3) is 3.14. The zero-order valence-corrected chi connectivity index (χ0v) is 14.0. The first-order chi connectivity index (χ1) is 11.9. The molecule has 0 aromatic heterocycles. The molecule has 1 fully saturated rings. The quantitative estimate of drug-likeness (QED) is 0.516. The topological polar surface area (TPSA) is 0 Å². The van der Waals surface area contributed by atoms with E-state index in [0.29, 0.717) is 17.8 Å². The lowest BCUT2D eigenvalue weighted by Gasteiger charge is -2.37. The Morgan fingerprint density at radius 1 is 0.458 bits per heavy atom. The van der Waals surface area contributed by atoms with Gasteiger partial charge in [-0.3, -0.25) is 0 Å². The van der Waals surface area contributed by atoms with Crippen LogP contribution in [-0.2, 0) is 0 Å². The summed E-state index contributed by atoms with van der Waals surface area (Å²) in [5, 5.41) is 0. The van der Waals surface area contributed by atoms with Crippen molar-refractivity contribution in [1.82, 2.24) is 0 Å². The predicted molar refractivity (Wildman–Crippen MR) is 101 cm³/mol. The van der Waals surface area contributed by atoms with Crippen LogP contribution in [0.25, 0.3) is 0 Å². The number of rotatable bonds is 3. The molecule has 0 aliphatic heterocycles. The Hall–Kier alpha value is -2.34. The molecule has 4 rings (SSSR count). The maximum absolute atomic E-state index is 2.31. The van der Waals surface area contributed by atoms with Gasteiger partial charge in [0, 0.05) is 0 Å². The summed E-state index contributed by atoms with van der Waals surface area (Å²) in [6.07, 6.45) is 3.80. The van der Waals surface area contributed by atoms with Crippen LogP contribution in [0.1, 0.15) is 53.7 Å². The Balaban J connectivity index is 1.67. The molecule has 0 bridgehead atoms. The summed E-state index contributed by atoms with van der Waals surface area (Å²) >= 11 is 0. The van der Waals surface area contributed by atoms with Gasteiger partial charge >= 0.3 is 0 Å². The fourth-order valence-corrected chi connectivity index (χ4v) is 4.37. The molecule has 0 heteroatoms. The minimum Gasteiger partial charge on any atom is -0.0622 e. The van der Waals surface area contributed by atoms with Crippen molar-refractivity contribution in [3.05, 3.63) is 108 Å². The van der Waals surface area contributed by atoms with Gasteiger partial charge in [0.25, 0.3) is 0 Å². The third-order valence-corrected chi connectivity index (χ3v) is 5.58. The van der Waals surface area contributed by atoms with Crippen molar-refractivity contribution in [2.24, 2.45) is 0 Å². The van der Waals surface area contributed by atoms with E-state index in [9.17, 15) is 0 Å². The second kappa shape index (κ2) is 7.05. The molecule has 0 amide bonds. The standard InChI is InChI=1S/C24H24/c1-4-10-19(11-5-1)22-16-17-23(20-12-6-2-7-13-20)24(18-22)21-14-8-3-9-15-21/h1-15,22-24H,16-18H2/t22-,23-,24-/m1/s1. The Kier molecular flexibility index (Phi) is 4.46. The van der Waals surface area contributed by atoms with E-state index in [1.54, 1.807) is 0 Å². The highest BCUT2D eigenvalue weighted by atomic mass is 14.4. The van der Waals surface area contributed by atoms with Crippen molar-refractivity contribution in [1.29, 1.82) is 0 Å². The zero-order chi connectivity index (χ0) is 16.2. The monoisotopic (exact) mass is 312 g/mol. The average molecular weight is 312 g/mol. The maximum atomic E-state index is 2.31. The maximum Gasteiger partial charge on any atom is -0.00873 e. The van der Waals surface area contributed by atoms with Crippen LogP contribution in [0, 0.1) is 0 Å². The van der Waals surface area contributed by atoms with Crippen molar-refractivity contribution in [2.75, 3.05) is 0 Å². The Morgan fingerprint density at radius 2 is 0.917 bits per heavy atom. The smallest absolute Gasteiger partial charge is 0.00873 e. The number of hydrogen-bond donors (Lipinski definition) is 0. The first-order valence-electron chi connectivity index (χ1n) is 9.06. The van der Waals surface area contributed by atoms with E-state index < -0.39 is 0 Å². The molecule has 3 aromatic rings. The van der Waals surface area contributed by atoms with Crippen LogP contribution in [0.15, 0.2) is 91.0 Å². The van der Waals surface area contributed by atoms with Crippen molar-refractivity contribution in [2.45, 2.75) is 37.0 Å². The van der Waals surface area contributed by atoms with E-state index in [1.807, 2.05) is 0 Å². The highest BCUT2D eigenvalue weighted by Crippen LogP contribution is 2.49. The normalized spacial score (nSPS) is 23.8. The lowest BCUT2D eigenvalue weighted by atomic mass is 9.67. The molecule has 1 aliphatic carbocycles. The van der Waals surface area contributed by atoms with E-state index in [4.69, 9.17) is 0 Å². The second-order valence-electron chi connectivity index (χ2n) is 6.96. The summed E-state index contributed by atoms with van der Waals surface area (Å²) in [6.45, 7) is 0. The lowest BCUT2D eigenvalue weighted by Crippen LogP contribution is -2.21. The van der Waals surface area contributed by atoms with Crippen molar-refractivity contribution in [3.63, 3.8) is 0 Å². The molecule has 0 N–H and O–H groups in total. The van der Waals surface area contributed by atoms with E-state index in [0.717, 1.165) is 0 Å². The van der Waals surface area contributed by atoms with E-state index in [-0.39, 0.29) is 0 Å². The largest absolute Gasteiger partial charge is 0.0622 e. The van der Waals surface area contributed by atoms with E-state index in [2.05, 4.69) is 91.0 Å². The molecule has 1 saturated carbocycles. The Bertz CT molecular complexity index is 746. The van der Waals surface area contributed by atoms with Crippen molar-refractivity contribution < 1.29 is 0 Å². The second-order valence-corrected chi connectivity index (χ2v) is 6.96. The third-order valence-electron chi connectivity index (χ3n) is 5.58. The van der Waals surface area contributed by atoms with Gasteiger partial charge < -0.3 is 0 Å². The van der Waals surface area contributed by atoms with Gasteiger partial charge in [0.05, 0.1) is 0 Å².